The molecule has 0 radical (unpaired) electrons. The fraction of sp³-hybridized carbons (Fsp3) is 0.200. The van der Waals surface area contributed by atoms with Crippen LogP contribution < -0.4 is 16.0 Å². The molecule has 0 aliphatic rings. The number of rotatable bonds is 7. The van der Waals surface area contributed by atoms with Gasteiger partial charge in [0.2, 0.25) is 5.28 Å². The van der Waals surface area contributed by atoms with Gasteiger partial charge in [-0.2, -0.15) is 18.9 Å². The van der Waals surface area contributed by atoms with Crippen LogP contribution in [0, 0.1) is 5.41 Å². The first-order valence-corrected chi connectivity index (χ1v) is 10.6. The fourth-order valence-corrected chi connectivity index (χ4v) is 3.40. The lowest BCUT2D eigenvalue weighted by atomic mass is 10.1. The fourth-order valence-electron chi connectivity index (χ4n) is 1.97. The molecule has 0 saturated carbocycles. The van der Waals surface area contributed by atoms with Gasteiger partial charge in [0.25, 0.3) is 0 Å². The summed E-state index contributed by atoms with van der Waals surface area (Å²) in [6, 6.07) is 5.35. The van der Waals surface area contributed by atoms with Crippen LogP contribution in [0.4, 0.5) is 20.3 Å². The maximum atomic E-state index is 12.1. The predicted molar refractivity (Wildman–Crippen MR) is 107 cm³/mol. The molecule has 1 aromatic carbocycles. The number of benzene rings is 1. The first kappa shape index (κ1) is 20.6. The van der Waals surface area contributed by atoms with E-state index in [4.69, 9.17) is 17.0 Å². The van der Waals surface area contributed by atoms with E-state index in [2.05, 4.69) is 49.6 Å². The molecule has 0 spiro atoms. The van der Waals surface area contributed by atoms with Gasteiger partial charge in [-0.3, -0.25) is 10.8 Å². The van der Waals surface area contributed by atoms with Gasteiger partial charge in [0.15, 0.2) is 0 Å². The second-order valence-corrected chi connectivity index (χ2v) is 8.65. The van der Waals surface area contributed by atoms with Crippen LogP contribution in [0.2, 0.25) is 5.28 Å². The van der Waals surface area contributed by atoms with Crippen molar-refractivity contribution in [1.29, 1.82) is 5.41 Å². The summed E-state index contributed by atoms with van der Waals surface area (Å²) in [5.41, 5.74) is 3.00. The number of hydrogen-bond donors (Lipinski definition) is 3. The summed E-state index contributed by atoms with van der Waals surface area (Å²) in [4.78, 5) is 8.03. The summed E-state index contributed by atoms with van der Waals surface area (Å²) in [6.45, 7) is 1.37. The second-order valence-electron chi connectivity index (χ2n) is 5.19. The van der Waals surface area contributed by atoms with Crippen molar-refractivity contribution in [2.45, 2.75) is 6.55 Å². The summed E-state index contributed by atoms with van der Waals surface area (Å²) in [7, 11) is -0.525. The minimum atomic E-state index is -2.77. The molecule has 6 nitrogen and oxygen atoms in total. The van der Waals surface area contributed by atoms with Crippen molar-refractivity contribution in [2.75, 3.05) is 18.6 Å². The van der Waals surface area contributed by atoms with Crippen LogP contribution in [0.25, 0.3) is 0 Å². The van der Waals surface area contributed by atoms with Gasteiger partial charge in [0.1, 0.15) is 5.82 Å². The molecule has 1 heterocycles. The highest BCUT2D eigenvalue weighted by atomic mass is 79.9. The number of aromatic nitrogens is 2. The summed E-state index contributed by atoms with van der Waals surface area (Å²) < 4.78 is 24.8. The third-order valence-corrected chi connectivity index (χ3v) is 5.22. The minimum absolute atomic E-state index is 0.0223. The Balaban J connectivity index is 2.30. The molecule has 0 aliphatic heterocycles. The van der Waals surface area contributed by atoms with E-state index in [9.17, 15) is 8.78 Å². The zero-order valence-electron chi connectivity index (χ0n) is 13.8. The van der Waals surface area contributed by atoms with Crippen molar-refractivity contribution in [2.24, 2.45) is 5.10 Å². The number of hydrazone groups is 1. The monoisotopic (exact) mass is 462 g/mol. The molecule has 0 saturated heterocycles. The van der Waals surface area contributed by atoms with E-state index in [1.54, 1.807) is 23.8 Å². The topological polar surface area (TPSA) is 86.0 Å². The van der Waals surface area contributed by atoms with Gasteiger partial charge in [-0.25, -0.2) is 4.98 Å². The van der Waals surface area contributed by atoms with Crippen molar-refractivity contribution in [3.05, 3.63) is 39.7 Å². The molecule has 0 fully saturated rings. The number of alkyl halides is 2. The van der Waals surface area contributed by atoms with Gasteiger partial charge in [0, 0.05) is 17.4 Å². The zero-order valence-corrected chi connectivity index (χ0v) is 17.0. The molecule has 2 aromatic rings. The zero-order chi connectivity index (χ0) is 19.3. The van der Waals surface area contributed by atoms with Crippen LogP contribution in [-0.2, 0) is 0 Å². The van der Waals surface area contributed by atoms with Crippen molar-refractivity contribution in [1.82, 2.24) is 15.4 Å². The number of anilines is 2. The third kappa shape index (κ3) is 5.65. The van der Waals surface area contributed by atoms with Gasteiger partial charge >= 0.3 is 6.55 Å². The Morgan fingerprint density at radius 3 is 2.81 bits per heavy atom. The molecule has 0 aliphatic carbocycles. The van der Waals surface area contributed by atoms with E-state index < -0.39 is 14.5 Å². The Kier molecular flexibility index (Phi) is 7.37. The maximum Gasteiger partial charge on any atom is 0.327 e. The van der Waals surface area contributed by atoms with Gasteiger partial charge in [-0.15, -0.1) is 0 Å². The van der Waals surface area contributed by atoms with Gasteiger partial charge < -0.3 is 5.32 Å². The normalized spacial score (nSPS) is 11.4. The van der Waals surface area contributed by atoms with Crippen molar-refractivity contribution in [3.63, 3.8) is 0 Å². The van der Waals surface area contributed by atoms with Gasteiger partial charge in [-0.1, -0.05) is 14.0 Å². The van der Waals surface area contributed by atoms with Crippen LogP contribution in [0.5, 0.6) is 0 Å². The van der Waals surface area contributed by atoms with Crippen molar-refractivity contribution >= 4 is 64.2 Å². The molecule has 26 heavy (non-hydrogen) atoms. The number of nitrogens with zero attached hydrogens (tertiary/aromatic N) is 3. The van der Waals surface area contributed by atoms with Crippen LogP contribution >= 0.6 is 35.5 Å². The van der Waals surface area contributed by atoms with E-state index in [0.717, 1.165) is 17.2 Å². The van der Waals surface area contributed by atoms with Crippen molar-refractivity contribution in [3.8, 4) is 0 Å². The average Bonchev–Trinajstić information content (AvgIpc) is 2.57. The molecular weight excluding hydrogens is 449 g/mol. The summed E-state index contributed by atoms with van der Waals surface area (Å²) in [5.74, 6) is 0.522. The Labute approximate surface area is 163 Å². The molecule has 2 rings (SSSR count). The lowest BCUT2D eigenvalue weighted by Gasteiger charge is -2.16. The molecular formula is C15H15BrClF2N6P. The Bertz CT molecular complexity index is 834. The molecule has 3 N–H and O–H groups in total. The summed E-state index contributed by atoms with van der Waals surface area (Å²) in [6.07, 6.45) is 2.60. The molecule has 11 heteroatoms. The van der Waals surface area contributed by atoms with Crippen molar-refractivity contribution < 1.29 is 8.78 Å². The standard InChI is InChI=1S/C15H15BrClF2N6P/c1-26(2)12-5-8(10(20)7-22-25-15(18)19)3-4-11(12)23-13-9(16)6-21-14(17)24-13/h3-7,15,20,25H,1-2H3,(H,21,23,24)/b20-10?,22-7-. The van der Waals surface area contributed by atoms with Crippen LogP contribution in [-0.4, -0.2) is 41.8 Å². The van der Waals surface area contributed by atoms with Gasteiger partial charge in [-0.05, 0) is 58.3 Å². The largest absolute Gasteiger partial charge is 0.339 e. The predicted octanol–water partition coefficient (Wildman–Crippen LogP) is 4.17. The van der Waals surface area contributed by atoms with Crippen LogP contribution in [0.3, 0.4) is 0 Å². The quantitative estimate of drug-likeness (QED) is 0.189. The molecule has 0 amide bonds. The summed E-state index contributed by atoms with van der Waals surface area (Å²) >= 11 is 9.21. The lowest BCUT2D eigenvalue weighted by molar-refractivity contribution is 0.110. The molecule has 0 unspecified atom stereocenters. The second kappa shape index (κ2) is 9.30. The molecule has 138 valence electrons. The van der Waals surface area contributed by atoms with Crippen LogP contribution in [0.1, 0.15) is 5.56 Å². The first-order valence-electron chi connectivity index (χ1n) is 7.20. The molecule has 0 bridgehead atoms. The first-order chi connectivity index (χ1) is 12.3. The Hall–Kier alpha value is -1.70. The molecule has 0 atom stereocenters. The highest BCUT2D eigenvalue weighted by Crippen LogP contribution is 2.31. The number of hydrogen-bond acceptors (Lipinski definition) is 6. The Morgan fingerprint density at radius 2 is 2.15 bits per heavy atom. The van der Waals surface area contributed by atoms with E-state index in [1.165, 1.54) is 0 Å². The molecule has 1 aromatic heterocycles. The summed E-state index contributed by atoms with van der Waals surface area (Å²) in [5, 5.41) is 15.6. The SMILES string of the molecule is CP(C)c1cc(C(=N)/C=N\NC(F)F)ccc1Nc1nc(Cl)ncc1Br. The lowest BCUT2D eigenvalue weighted by Crippen LogP contribution is -2.16. The number of nitrogens with one attached hydrogen (secondary N) is 3. The smallest absolute Gasteiger partial charge is 0.327 e. The van der Waals surface area contributed by atoms with E-state index in [0.29, 0.717) is 15.9 Å². The minimum Gasteiger partial charge on any atom is -0.339 e. The van der Waals surface area contributed by atoms with E-state index in [-0.39, 0.29) is 11.0 Å². The highest BCUT2D eigenvalue weighted by Gasteiger charge is 2.12. The van der Waals surface area contributed by atoms with Crippen LogP contribution in [0.15, 0.2) is 34.0 Å². The number of halogens is 4. The highest BCUT2D eigenvalue weighted by molar-refractivity contribution is 9.10. The third-order valence-electron chi connectivity index (χ3n) is 3.12. The Morgan fingerprint density at radius 1 is 1.42 bits per heavy atom. The van der Waals surface area contributed by atoms with E-state index in [1.807, 2.05) is 6.07 Å². The average molecular weight is 464 g/mol. The maximum absolute atomic E-state index is 12.1. The van der Waals surface area contributed by atoms with E-state index >= 15 is 0 Å². The van der Waals surface area contributed by atoms with Gasteiger partial charge in [0.05, 0.1) is 16.4 Å².